The van der Waals surface area contributed by atoms with Crippen LogP contribution in [0.25, 0.3) is 0 Å². The molecule has 2 heterocycles. The number of hydrogen-bond acceptors (Lipinski definition) is 4. The zero-order valence-electron chi connectivity index (χ0n) is 16.7. The minimum absolute atomic E-state index is 0.323. The van der Waals surface area contributed by atoms with Gasteiger partial charge < -0.3 is 15.4 Å². The Kier molecular flexibility index (Phi) is 6.32. The molecule has 2 N–H and O–H groups in total. The predicted molar refractivity (Wildman–Crippen MR) is 107 cm³/mol. The lowest BCUT2D eigenvalue weighted by Crippen LogP contribution is -2.47. The number of aromatic nitrogens is 3. The van der Waals surface area contributed by atoms with Crippen LogP contribution in [0.15, 0.2) is 29.3 Å². The van der Waals surface area contributed by atoms with Gasteiger partial charge in [0.15, 0.2) is 5.96 Å². The molecule has 0 bridgehead atoms. The molecular formula is C20H30N6O. The minimum atomic E-state index is 0.323. The van der Waals surface area contributed by atoms with Gasteiger partial charge in [-0.05, 0) is 43.4 Å². The number of nitrogens with zero attached hydrogens (tertiary/aromatic N) is 4. The van der Waals surface area contributed by atoms with E-state index in [9.17, 15) is 0 Å². The summed E-state index contributed by atoms with van der Waals surface area (Å²) >= 11 is 0. The lowest BCUT2D eigenvalue weighted by Gasteiger charge is -2.25. The molecule has 3 rings (SSSR count). The Labute approximate surface area is 161 Å². The molecule has 0 saturated heterocycles. The van der Waals surface area contributed by atoms with Gasteiger partial charge in [-0.25, -0.2) is 9.67 Å². The van der Waals surface area contributed by atoms with Gasteiger partial charge in [0.05, 0.1) is 13.7 Å². The van der Waals surface area contributed by atoms with Crippen LogP contribution >= 0.6 is 0 Å². The summed E-state index contributed by atoms with van der Waals surface area (Å²) in [6, 6.07) is 8.63. The Morgan fingerprint density at radius 1 is 1.37 bits per heavy atom. The SMILES string of the molecule is CN=C(NCCC(C)c1ccc(OC)cc1)NC1CCc2nc(C)nn2C1. The summed E-state index contributed by atoms with van der Waals surface area (Å²) in [4.78, 5) is 8.83. The van der Waals surface area contributed by atoms with Crippen molar-refractivity contribution in [2.24, 2.45) is 4.99 Å². The lowest BCUT2D eigenvalue weighted by molar-refractivity contribution is 0.392. The van der Waals surface area contributed by atoms with Crippen molar-refractivity contribution in [2.45, 2.75) is 51.6 Å². The lowest BCUT2D eigenvalue weighted by atomic mass is 9.98. The summed E-state index contributed by atoms with van der Waals surface area (Å²) in [7, 11) is 3.51. The maximum atomic E-state index is 5.23. The molecule has 2 atom stereocenters. The van der Waals surface area contributed by atoms with E-state index in [1.807, 2.05) is 30.8 Å². The molecule has 1 aromatic carbocycles. The normalized spacial score (nSPS) is 17.9. The second kappa shape index (κ2) is 8.88. The molecule has 146 valence electrons. The highest BCUT2D eigenvalue weighted by Gasteiger charge is 2.21. The molecule has 2 unspecified atom stereocenters. The maximum Gasteiger partial charge on any atom is 0.191 e. The van der Waals surface area contributed by atoms with Crippen molar-refractivity contribution in [3.63, 3.8) is 0 Å². The Balaban J connectivity index is 1.45. The van der Waals surface area contributed by atoms with Gasteiger partial charge in [-0.3, -0.25) is 4.99 Å². The summed E-state index contributed by atoms with van der Waals surface area (Å²) in [5, 5.41) is 11.4. The van der Waals surface area contributed by atoms with Crippen LogP contribution in [0.3, 0.4) is 0 Å². The van der Waals surface area contributed by atoms with Crippen LogP contribution in [-0.2, 0) is 13.0 Å². The highest BCUT2D eigenvalue weighted by Crippen LogP contribution is 2.21. The first-order valence-corrected chi connectivity index (χ1v) is 9.60. The average Bonchev–Trinajstić information content (AvgIpc) is 3.06. The van der Waals surface area contributed by atoms with Gasteiger partial charge in [-0.2, -0.15) is 5.10 Å². The molecule has 2 aromatic rings. The first kappa shape index (κ1) is 19.2. The van der Waals surface area contributed by atoms with Crippen molar-refractivity contribution in [3.05, 3.63) is 41.5 Å². The third-order valence-corrected chi connectivity index (χ3v) is 5.08. The van der Waals surface area contributed by atoms with E-state index in [2.05, 4.69) is 44.8 Å². The van der Waals surface area contributed by atoms with E-state index < -0.39 is 0 Å². The van der Waals surface area contributed by atoms with Crippen LogP contribution in [0, 0.1) is 6.92 Å². The van der Waals surface area contributed by atoms with E-state index in [0.29, 0.717) is 12.0 Å². The van der Waals surface area contributed by atoms with E-state index in [4.69, 9.17) is 4.74 Å². The molecule has 7 heteroatoms. The second-order valence-corrected chi connectivity index (χ2v) is 7.10. The van der Waals surface area contributed by atoms with Crippen molar-refractivity contribution >= 4 is 5.96 Å². The van der Waals surface area contributed by atoms with Gasteiger partial charge in [-0.15, -0.1) is 0 Å². The molecule has 0 radical (unpaired) electrons. The van der Waals surface area contributed by atoms with E-state index in [0.717, 1.165) is 55.7 Å². The number of fused-ring (bicyclic) bond motifs is 1. The number of benzene rings is 1. The van der Waals surface area contributed by atoms with E-state index in [-0.39, 0.29) is 0 Å². The second-order valence-electron chi connectivity index (χ2n) is 7.10. The quantitative estimate of drug-likeness (QED) is 0.603. The monoisotopic (exact) mass is 370 g/mol. The molecule has 1 aromatic heterocycles. The molecule has 0 saturated carbocycles. The van der Waals surface area contributed by atoms with Gasteiger partial charge in [0, 0.05) is 26.1 Å². The molecule has 0 spiro atoms. The minimum Gasteiger partial charge on any atom is -0.497 e. The van der Waals surface area contributed by atoms with Crippen LogP contribution < -0.4 is 15.4 Å². The number of rotatable bonds is 6. The number of hydrogen-bond donors (Lipinski definition) is 2. The highest BCUT2D eigenvalue weighted by atomic mass is 16.5. The molecule has 1 aliphatic rings. The van der Waals surface area contributed by atoms with E-state index in [1.165, 1.54) is 5.56 Å². The van der Waals surface area contributed by atoms with Crippen LogP contribution in [0.1, 0.15) is 42.9 Å². The van der Waals surface area contributed by atoms with Crippen molar-refractivity contribution in [1.82, 2.24) is 25.4 Å². The molecule has 0 fully saturated rings. The smallest absolute Gasteiger partial charge is 0.191 e. The molecule has 7 nitrogen and oxygen atoms in total. The zero-order valence-corrected chi connectivity index (χ0v) is 16.7. The third-order valence-electron chi connectivity index (χ3n) is 5.08. The Bertz CT molecular complexity index is 767. The topological polar surface area (TPSA) is 76.4 Å². The number of aryl methyl sites for hydroxylation is 2. The van der Waals surface area contributed by atoms with E-state index >= 15 is 0 Å². The summed E-state index contributed by atoms with van der Waals surface area (Å²) < 4.78 is 7.23. The zero-order chi connectivity index (χ0) is 19.2. The largest absolute Gasteiger partial charge is 0.497 e. The maximum absolute atomic E-state index is 5.23. The van der Waals surface area contributed by atoms with Gasteiger partial charge in [-0.1, -0.05) is 19.1 Å². The molecular weight excluding hydrogens is 340 g/mol. The predicted octanol–water partition coefficient (Wildman–Crippen LogP) is 2.27. The Morgan fingerprint density at radius 3 is 2.85 bits per heavy atom. The fourth-order valence-electron chi connectivity index (χ4n) is 3.45. The Morgan fingerprint density at radius 2 is 2.15 bits per heavy atom. The average molecular weight is 371 g/mol. The third kappa shape index (κ3) is 4.99. The van der Waals surface area contributed by atoms with E-state index in [1.54, 1.807) is 7.11 Å². The van der Waals surface area contributed by atoms with Crippen molar-refractivity contribution < 1.29 is 4.74 Å². The first-order chi connectivity index (χ1) is 13.1. The summed E-state index contributed by atoms with van der Waals surface area (Å²) in [6.07, 6.45) is 3.02. The van der Waals surface area contributed by atoms with Crippen molar-refractivity contribution in [3.8, 4) is 5.75 Å². The number of aliphatic imine (C=N–C) groups is 1. The number of ether oxygens (including phenoxy) is 1. The summed E-state index contributed by atoms with van der Waals surface area (Å²) in [6.45, 7) is 5.89. The summed E-state index contributed by atoms with van der Waals surface area (Å²) in [5.41, 5.74) is 1.32. The van der Waals surface area contributed by atoms with Gasteiger partial charge >= 0.3 is 0 Å². The van der Waals surface area contributed by atoms with Crippen LogP contribution in [0.5, 0.6) is 5.75 Å². The molecule has 0 aliphatic carbocycles. The van der Waals surface area contributed by atoms with Gasteiger partial charge in [0.25, 0.3) is 0 Å². The Hall–Kier alpha value is -2.57. The van der Waals surface area contributed by atoms with Gasteiger partial charge in [0.2, 0.25) is 0 Å². The fraction of sp³-hybridized carbons (Fsp3) is 0.550. The van der Waals surface area contributed by atoms with Crippen molar-refractivity contribution in [2.75, 3.05) is 20.7 Å². The standard InChI is InChI=1S/C20H30N6O/c1-14(16-5-8-18(27-4)9-6-16)11-12-22-20(21-3)24-17-7-10-19-23-15(2)25-26(19)13-17/h5-6,8-9,14,17H,7,10-13H2,1-4H3,(H2,21,22,24). The number of methoxy groups -OCH3 is 1. The summed E-state index contributed by atoms with van der Waals surface area (Å²) in [5.74, 6) is 4.15. The first-order valence-electron chi connectivity index (χ1n) is 9.60. The van der Waals surface area contributed by atoms with Crippen LogP contribution in [-0.4, -0.2) is 47.5 Å². The van der Waals surface area contributed by atoms with Gasteiger partial charge in [0.1, 0.15) is 17.4 Å². The number of nitrogens with one attached hydrogen (secondary N) is 2. The molecule has 27 heavy (non-hydrogen) atoms. The number of guanidine groups is 1. The van der Waals surface area contributed by atoms with Crippen LogP contribution in [0.4, 0.5) is 0 Å². The van der Waals surface area contributed by atoms with Crippen molar-refractivity contribution in [1.29, 1.82) is 0 Å². The van der Waals surface area contributed by atoms with Crippen LogP contribution in [0.2, 0.25) is 0 Å². The molecule has 0 amide bonds. The highest BCUT2D eigenvalue weighted by molar-refractivity contribution is 5.79. The molecule has 1 aliphatic heterocycles. The fourth-order valence-corrected chi connectivity index (χ4v) is 3.45.